The summed E-state index contributed by atoms with van der Waals surface area (Å²) in [5.74, 6) is 1.02. The number of carbonyl (C=O) groups is 2. The van der Waals surface area contributed by atoms with Crippen LogP contribution < -0.4 is 4.74 Å². The highest BCUT2D eigenvalue weighted by molar-refractivity contribution is 6.18. The second kappa shape index (κ2) is 7.88. The second-order valence-electron chi connectivity index (χ2n) is 4.80. The summed E-state index contributed by atoms with van der Waals surface area (Å²) in [6, 6.07) is 9.25. The van der Waals surface area contributed by atoms with E-state index in [0.29, 0.717) is 44.2 Å². The van der Waals surface area contributed by atoms with E-state index >= 15 is 0 Å². The van der Waals surface area contributed by atoms with Crippen LogP contribution in [0.4, 0.5) is 0 Å². The third kappa shape index (κ3) is 4.63. The van der Waals surface area contributed by atoms with Crippen molar-refractivity contribution >= 4 is 23.4 Å². The van der Waals surface area contributed by atoms with E-state index in [1.807, 2.05) is 30.3 Å². The zero-order valence-electron chi connectivity index (χ0n) is 11.8. The maximum atomic E-state index is 12.1. The van der Waals surface area contributed by atoms with Gasteiger partial charge in [-0.25, -0.2) is 0 Å². The Bertz CT molecular complexity index is 473. The molecule has 1 aliphatic heterocycles. The van der Waals surface area contributed by atoms with Gasteiger partial charge in [0.05, 0.1) is 0 Å². The maximum Gasteiger partial charge on any atom is 0.260 e. The zero-order valence-corrected chi connectivity index (χ0v) is 12.6. The number of benzene rings is 1. The molecule has 1 aromatic carbocycles. The molecule has 0 bridgehead atoms. The Morgan fingerprint density at radius 2 is 1.57 bits per heavy atom. The fourth-order valence-corrected chi connectivity index (χ4v) is 2.36. The summed E-state index contributed by atoms with van der Waals surface area (Å²) < 4.78 is 5.44. The highest BCUT2D eigenvalue weighted by Crippen LogP contribution is 2.09. The molecule has 0 radical (unpaired) electrons. The van der Waals surface area contributed by atoms with E-state index in [4.69, 9.17) is 16.3 Å². The number of piperazine rings is 1. The van der Waals surface area contributed by atoms with E-state index in [1.165, 1.54) is 0 Å². The number of carbonyl (C=O) groups excluding carboxylic acids is 2. The molecule has 1 fully saturated rings. The number of rotatable bonds is 5. The van der Waals surface area contributed by atoms with Gasteiger partial charge < -0.3 is 14.5 Å². The van der Waals surface area contributed by atoms with Crippen molar-refractivity contribution < 1.29 is 14.3 Å². The topological polar surface area (TPSA) is 49.9 Å². The maximum absolute atomic E-state index is 12.1. The number of hydrogen-bond donors (Lipinski definition) is 0. The zero-order chi connectivity index (χ0) is 15.1. The Kier molecular flexibility index (Phi) is 5.87. The van der Waals surface area contributed by atoms with Gasteiger partial charge in [-0.05, 0) is 12.1 Å². The quantitative estimate of drug-likeness (QED) is 0.772. The monoisotopic (exact) mass is 310 g/mol. The van der Waals surface area contributed by atoms with Crippen molar-refractivity contribution in [2.24, 2.45) is 0 Å². The van der Waals surface area contributed by atoms with Gasteiger partial charge in [-0.15, -0.1) is 11.6 Å². The lowest BCUT2D eigenvalue weighted by atomic mass is 10.3. The number of para-hydroxylation sites is 1. The molecule has 1 aliphatic rings. The molecule has 0 spiro atoms. The van der Waals surface area contributed by atoms with Crippen molar-refractivity contribution in [3.05, 3.63) is 30.3 Å². The van der Waals surface area contributed by atoms with Crippen LogP contribution in [-0.2, 0) is 9.59 Å². The minimum Gasteiger partial charge on any atom is -0.484 e. The smallest absolute Gasteiger partial charge is 0.260 e. The Morgan fingerprint density at radius 3 is 2.14 bits per heavy atom. The molecule has 0 aliphatic carbocycles. The van der Waals surface area contributed by atoms with Crippen molar-refractivity contribution in [3.63, 3.8) is 0 Å². The fourth-order valence-electron chi connectivity index (χ4n) is 2.20. The van der Waals surface area contributed by atoms with Gasteiger partial charge >= 0.3 is 0 Å². The molecule has 1 saturated heterocycles. The fraction of sp³-hybridized carbons (Fsp3) is 0.467. The largest absolute Gasteiger partial charge is 0.484 e. The molecule has 0 aromatic heterocycles. The molecule has 1 heterocycles. The minimum atomic E-state index is -0.0525. The number of halogens is 1. The number of hydrogen-bond acceptors (Lipinski definition) is 3. The molecule has 2 rings (SSSR count). The first-order chi connectivity index (χ1) is 10.2. The van der Waals surface area contributed by atoms with Crippen molar-refractivity contribution in [2.45, 2.75) is 6.42 Å². The van der Waals surface area contributed by atoms with Crippen LogP contribution in [-0.4, -0.2) is 60.3 Å². The lowest BCUT2D eigenvalue weighted by Crippen LogP contribution is -2.51. The highest BCUT2D eigenvalue weighted by atomic mass is 35.5. The normalized spacial score (nSPS) is 14.9. The van der Waals surface area contributed by atoms with Crippen LogP contribution in [0.5, 0.6) is 5.75 Å². The first-order valence-corrected chi connectivity index (χ1v) is 7.53. The van der Waals surface area contributed by atoms with Gasteiger partial charge in [0.25, 0.3) is 5.91 Å². The summed E-state index contributed by atoms with van der Waals surface area (Å²) in [5, 5.41) is 0. The van der Waals surface area contributed by atoms with Crippen LogP contribution in [0, 0.1) is 0 Å². The molecule has 1 aromatic rings. The number of nitrogens with zero attached hydrogens (tertiary/aromatic N) is 2. The molecule has 114 valence electrons. The Balaban J connectivity index is 1.74. The summed E-state index contributed by atoms with van der Waals surface area (Å²) in [4.78, 5) is 27.2. The molecule has 0 unspecified atom stereocenters. The minimum absolute atomic E-state index is 0.0274. The number of alkyl halides is 1. The summed E-state index contributed by atoms with van der Waals surface area (Å²) in [7, 11) is 0. The van der Waals surface area contributed by atoms with Crippen LogP contribution >= 0.6 is 11.6 Å². The second-order valence-corrected chi connectivity index (χ2v) is 5.18. The van der Waals surface area contributed by atoms with Gasteiger partial charge in [-0.3, -0.25) is 9.59 Å². The predicted molar refractivity (Wildman–Crippen MR) is 80.4 cm³/mol. The summed E-state index contributed by atoms with van der Waals surface area (Å²) in [6.07, 6.45) is 0.354. The lowest BCUT2D eigenvalue weighted by molar-refractivity contribution is -0.140. The van der Waals surface area contributed by atoms with E-state index < -0.39 is 0 Å². The van der Waals surface area contributed by atoms with Crippen molar-refractivity contribution in [3.8, 4) is 5.75 Å². The third-order valence-electron chi connectivity index (χ3n) is 3.40. The van der Waals surface area contributed by atoms with E-state index in [9.17, 15) is 9.59 Å². The van der Waals surface area contributed by atoms with Crippen molar-refractivity contribution in [1.29, 1.82) is 0 Å². The van der Waals surface area contributed by atoms with E-state index in [1.54, 1.807) is 9.80 Å². The Hall–Kier alpha value is -1.75. The van der Waals surface area contributed by atoms with E-state index in [0.717, 1.165) is 0 Å². The molecule has 5 nitrogen and oxygen atoms in total. The Labute approximate surface area is 129 Å². The summed E-state index contributed by atoms with van der Waals surface area (Å²) in [6.45, 7) is 2.25. The van der Waals surface area contributed by atoms with Crippen molar-refractivity contribution in [2.75, 3.05) is 38.7 Å². The van der Waals surface area contributed by atoms with Crippen LogP contribution in [0.1, 0.15) is 6.42 Å². The molecular formula is C15H19ClN2O3. The first kappa shape index (κ1) is 15.6. The van der Waals surface area contributed by atoms with Gasteiger partial charge in [0.15, 0.2) is 6.61 Å². The summed E-state index contributed by atoms with van der Waals surface area (Å²) in [5.41, 5.74) is 0. The van der Waals surface area contributed by atoms with E-state index in [-0.39, 0.29) is 18.4 Å². The predicted octanol–water partition coefficient (Wildman–Crippen LogP) is 1.37. The van der Waals surface area contributed by atoms with Gasteiger partial charge in [0.1, 0.15) is 5.75 Å². The number of ether oxygens (including phenoxy) is 1. The summed E-state index contributed by atoms with van der Waals surface area (Å²) >= 11 is 5.57. The lowest BCUT2D eigenvalue weighted by Gasteiger charge is -2.34. The van der Waals surface area contributed by atoms with Gasteiger partial charge in [-0.2, -0.15) is 0 Å². The first-order valence-electron chi connectivity index (χ1n) is 7.00. The van der Waals surface area contributed by atoms with Crippen LogP contribution in [0.25, 0.3) is 0 Å². The SMILES string of the molecule is O=C(CCCl)N1CCN(C(=O)COc2ccccc2)CC1. The molecule has 0 saturated carbocycles. The Morgan fingerprint density at radius 1 is 1.00 bits per heavy atom. The molecule has 0 N–H and O–H groups in total. The average Bonchev–Trinajstić information content (AvgIpc) is 2.54. The van der Waals surface area contributed by atoms with Gasteiger partial charge in [0.2, 0.25) is 5.91 Å². The number of amides is 2. The van der Waals surface area contributed by atoms with Crippen LogP contribution in [0.2, 0.25) is 0 Å². The van der Waals surface area contributed by atoms with Crippen molar-refractivity contribution in [1.82, 2.24) is 9.80 Å². The van der Waals surface area contributed by atoms with E-state index in [2.05, 4.69) is 0 Å². The highest BCUT2D eigenvalue weighted by Gasteiger charge is 2.23. The third-order valence-corrected chi connectivity index (χ3v) is 3.59. The molecule has 0 atom stereocenters. The van der Waals surface area contributed by atoms with Gasteiger partial charge in [-0.1, -0.05) is 18.2 Å². The molecular weight excluding hydrogens is 292 g/mol. The van der Waals surface area contributed by atoms with Crippen LogP contribution in [0.15, 0.2) is 30.3 Å². The van der Waals surface area contributed by atoms with Gasteiger partial charge in [0, 0.05) is 38.5 Å². The molecule has 21 heavy (non-hydrogen) atoms. The average molecular weight is 311 g/mol. The standard InChI is InChI=1S/C15H19ClN2O3/c16-7-6-14(19)17-8-10-18(11-9-17)15(20)12-21-13-4-2-1-3-5-13/h1-5H,6-12H2. The molecule has 6 heteroatoms. The van der Waals surface area contributed by atoms with Crippen LogP contribution in [0.3, 0.4) is 0 Å². The molecule has 2 amide bonds.